The van der Waals surface area contributed by atoms with Crippen LogP contribution < -0.4 is 5.32 Å². The third-order valence-corrected chi connectivity index (χ3v) is 4.76. The van der Waals surface area contributed by atoms with Gasteiger partial charge >= 0.3 is 0 Å². The summed E-state index contributed by atoms with van der Waals surface area (Å²) < 4.78 is 0.942. The summed E-state index contributed by atoms with van der Waals surface area (Å²) in [6.45, 7) is 2.23. The summed E-state index contributed by atoms with van der Waals surface area (Å²) in [7, 11) is 0. The number of amides is 1. The van der Waals surface area contributed by atoms with Crippen LogP contribution >= 0.6 is 28.6 Å². The lowest BCUT2D eigenvalue weighted by molar-refractivity contribution is 0.0916. The van der Waals surface area contributed by atoms with E-state index < -0.39 is 0 Å². The third-order valence-electron chi connectivity index (χ3n) is 3.90. The van der Waals surface area contributed by atoms with Gasteiger partial charge in [0.15, 0.2) is 0 Å². The van der Waals surface area contributed by atoms with Gasteiger partial charge in [0.2, 0.25) is 0 Å². The van der Waals surface area contributed by atoms with E-state index in [1.807, 2.05) is 18.2 Å². The molecule has 1 fully saturated rings. The molecular weight excluding hydrogens is 322 g/mol. The molecule has 0 aliphatic heterocycles. The first-order chi connectivity index (χ1) is 9.10. The van der Waals surface area contributed by atoms with Crippen molar-refractivity contribution in [3.05, 3.63) is 28.2 Å². The summed E-state index contributed by atoms with van der Waals surface area (Å²) in [6.07, 6.45) is 5.94. The fraction of sp³-hybridized carbons (Fsp3) is 0.533. The van der Waals surface area contributed by atoms with E-state index in [9.17, 15) is 4.79 Å². The molecule has 19 heavy (non-hydrogen) atoms. The Bertz CT molecular complexity index is 463. The summed E-state index contributed by atoms with van der Waals surface area (Å²) in [5, 5.41) is 3.16. The van der Waals surface area contributed by atoms with Crippen LogP contribution in [0.1, 0.15) is 49.4 Å². The van der Waals surface area contributed by atoms with Gasteiger partial charge in [-0.05, 0) is 37.0 Å². The quantitative estimate of drug-likeness (QED) is 0.782. The van der Waals surface area contributed by atoms with Crippen LogP contribution in [0.3, 0.4) is 0 Å². The number of hydrogen-bond donors (Lipinski definition) is 2. The average Bonchev–Trinajstić information content (AvgIpc) is 2.38. The molecule has 1 aliphatic rings. The minimum absolute atomic E-state index is 0.000692. The van der Waals surface area contributed by atoms with Crippen LogP contribution in [0.2, 0.25) is 0 Å². The highest BCUT2D eigenvalue weighted by Gasteiger charge is 2.23. The van der Waals surface area contributed by atoms with Crippen molar-refractivity contribution in [2.75, 3.05) is 0 Å². The molecule has 1 amide bonds. The van der Waals surface area contributed by atoms with Gasteiger partial charge in [0.25, 0.3) is 5.91 Å². The number of rotatable bonds is 3. The number of halogens is 1. The molecule has 0 radical (unpaired) electrons. The number of thiol groups is 1. The van der Waals surface area contributed by atoms with E-state index in [4.69, 9.17) is 0 Å². The zero-order valence-corrected chi connectivity index (χ0v) is 13.6. The molecule has 0 spiro atoms. The monoisotopic (exact) mass is 341 g/mol. The largest absolute Gasteiger partial charge is 0.349 e. The van der Waals surface area contributed by atoms with Gasteiger partial charge in [0.05, 0.1) is 5.56 Å². The molecule has 1 aromatic rings. The lowest BCUT2D eigenvalue weighted by Crippen LogP contribution is -2.38. The van der Waals surface area contributed by atoms with Crippen LogP contribution in [0.15, 0.2) is 27.6 Å². The van der Waals surface area contributed by atoms with Crippen LogP contribution in [0.4, 0.5) is 0 Å². The number of hydrogen-bond acceptors (Lipinski definition) is 2. The van der Waals surface area contributed by atoms with Crippen LogP contribution in [0, 0.1) is 5.92 Å². The second-order valence-corrected chi connectivity index (χ2v) is 6.67. The molecule has 2 nitrogen and oxygen atoms in total. The molecule has 2 unspecified atom stereocenters. The lowest BCUT2D eigenvalue weighted by Gasteiger charge is -2.29. The molecule has 2 atom stereocenters. The Morgan fingerprint density at radius 1 is 1.47 bits per heavy atom. The molecule has 1 N–H and O–H groups in total. The van der Waals surface area contributed by atoms with Gasteiger partial charge in [-0.15, -0.1) is 12.6 Å². The lowest BCUT2D eigenvalue weighted by atomic mass is 9.84. The van der Waals surface area contributed by atoms with E-state index in [1.165, 1.54) is 19.3 Å². The summed E-state index contributed by atoms with van der Waals surface area (Å²) in [5.41, 5.74) is 0.658. The van der Waals surface area contributed by atoms with Crippen molar-refractivity contribution in [2.24, 2.45) is 5.92 Å². The van der Waals surface area contributed by atoms with Gasteiger partial charge in [-0.3, -0.25) is 4.79 Å². The fourth-order valence-electron chi connectivity index (χ4n) is 2.75. The number of nitrogens with one attached hydrogen (secondary N) is 1. The normalized spacial score (nSPS) is 23.1. The van der Waals surface area contributed by atoms with E-state index in [0.29, 0.717) is 11.6 Å². The fourth-order valence-corrected chi connectivity index (χ4v) is 3.61. The minimum Gasteiger partial charge on any atom is -0.349 e. The van der Waals surface area contributed by atoms with Gasteiger partial charge in [0, 0.05) is 15.4 Å². The van der Waals surface area contributed by atoms with Crippen LogP contribution in [-0.2, 0) is 0 Å². The predicted octanol–water partition coefficient (Wildman–Crippen LogP) is 4.44. The van der Waals surface area contributed by atoms with Crippen molar-refractivity contribution in [3.8, 4) is 0 Å². The summed E-state index contributed by atoms with van der Waals surface area (Å²) >= 11 is 7.75. The van der Waals surface area contributed by atoms with E-state index in [0.717, 1.165) is 28.1 Å². The highest BCUT2D eigenvalue weighted by molar-refractivity contribution is 9.10. The Kier molecular flexibility index (Phi) is 5.34. The van der Waals surface area contributed by atoms with Crippen molar-refractivity contribution >= 4 is 34.5 Å². The molecule has 1 aliphatic carbocycles. The zero-order valence-electron chi connectivity index (χ0n) is 11.2. The molecular formula is C15H20BrNOS. The van der Waals surface area contributed by atoms with Gasteiger partial charge in [-0.25, -0.2) is 0 Å². The molecule has 0 aromatic heterocycles. The number of carbonyl (C=O) groups is 1. The van der Waals surface area contributed by atoms with Crippen molar-refractivity contribution in [1.82, 2.24) is 5.32 Å². The Balaban J connectivity index is 2.00. The number of benzene rings is 1. The van der Waals surface area contributed by atoms with Gasteiger partial charge in [-0.2, -0.15) is 0 Å². The molecule has 0 bridgehead atoms. The van der Waals surface area contributed by atoms with Crippen molar-refractivity contribution < 1.29 is 4.79 Å². The Hall–Kier alpha value is -0.480. The maximum absolute atomic E-state index is 12.3. The second-order valence-electron chi connectivity index (χ2n) is 5.27. The zero-order chi connectivity index (χ0) is 13.8. The minimum atomic E-state index is -0.000692. The molecule has 0 heterocycles. The number of carbonyl (C=O) groups excluding carboxylic acids is 1. The highest BCUT2D eigenvalue weighted by atomic mass is 79.9. The highest BCUT2D eigenvalue weighted by Crippen LogP contribution is 2.27. The third kappa shape index (κ3) is 3.99. The standard InChI is InChI=1S/C15H20BrNOS/c1-2-10-4-3-5-12(8-10)17-15(18)13-7-6-11(16)9-14(13)19/h6-7,9-10,12,19H,2-5,8H2,1H3,(H,17,18). The first-order valence-corrected chi connectivity index (χ1v) is 8.13. The first-order valence-electron chi connectivity index (χ1n) is 6.89. The van der Waals surface area contributed by atoms with Crippen molar-refractivity contribution in [1.29, 1.82) is 0 Å². The van der Waals surface area contributed by atoms with E-state index >= 15 is 0 Å². The predicted molar refractivity (Wildman–Crippen MR) is 84.9 cm³/mol. The Morgan fingerprint density at radius 2 is 2.26 bits per heavy atom. The molecule has 4 heteroatoms. The van der Waals surface area contributed by atoms with Gasteiger partial charge in [0.1, 0.15) is 0 Å². The van der Waals surface area contributed by atoms with Gasteiger partial charge < -0.3 is 5.32 Å². The van der Waals surface area contributed by atoms with Crippen molar-refractivity contribution in [2.45, 2.75) is 50.0 Å². The molecule has 0 saturated heterocycles. The second kappa shape index (κ2) is 6.80. The topological polar surface area (TPSA) is 29.1 Å². The van der Waals surface area contributed by atoms with Crippen LogP contribution in [0.5, 0.6) is 0 Å². The maximum atomic E-state index is 12.3. The van der Waals surface area contributed by atoms with Gasteiger partial charge in [-0.1, -0.05) is 42.1 Å². The molecule has 1 aromatic carbocycles. The Labute approximate surface area is 128 Å². The average molecular weight is 342 g/mol. The van der Waals surface area contributed by atoms with E-state index in [-0.39, 0.29) is 5.91 Å². The molecule has 2 rings (SSSR count). The first kappa shape index (κ1) is 14.9. The summed E-state index contributed by atoms with van der Waals surface area (Å²) in [4.78, 5) is 13.0. The molecule has 1 saturated carbocycles. The van der Waals surface area contributed by atoms with E-state index in [2.05, 4.69) is 40.8 Å². The summed E-state index contributed by atoms with van der Waals surface area (Å²) in [6, 6.07) is 5.88. The smallest absolute Gasteiger partial charge is 0.252 e. The Morgan fingerprint density at radius 3 is 2.95 bits per heavy atom. The SMILES string of the molecule is CCC1CCCC(NC(=O)c2ccc(Br)cc2S)C1. The van der Waals surface area contributed by atoms with Crippen LogP contribution in [-0.4, -0.2) is 11.9 Å². The molecule has 104 valence electrons. The van der Waals surface area contributed by atoms with Crippen molar-refractivity contribution in [3.63, 3.8) is 0 Å². The maximum Gasteiger partial charge on any atom is 0.252 e. The van der Waals surface area contributed by atoms with Crippen LogP contribution in [0.25, 0.3) is 0 Å². The van der Waals surface area contributed by atoms with E-state index in [1.54, 1.807) is 0 Å². The summed E-state index contributed by atoms with van der Waals surface area (Å²) in [5.74, 6) is 0.763.